The Morgan fingerprint density at radius 3 is 2.25 bits per heavy atom. The minimum Gasteiger partial charge on any atom is -0.478 e. The first-order valence-electron chi connectivity index (χ1n) is 5.49. The molecule has 2 aromatic rings. The second-order valence-corrected chi connectivity index (χ2v) is 4.08. The Hall–Kier alpha value is -2.37. The molecule has 2 aromatic carbocycles. The van der Waals surface area contributed by atoms with E-state index in [9.17, 15) is 22.4 Å². The highest BCUT2D eigenvalue weighted by Crippen LogP contribution is 2.34. The van der Waals surface area contributed by atoms with Crippen molar-refractivity contribution >= 4 is 5.97 Å². The van der Waals surface area contributed by atoms with Gasteiger partial charge in [0.15, 0.2) is 0 Å². The van der Waals surface area contributed by atoms with E-state index in [1.165, 1.54) is 18.2 Å². The normalized spacial score (nSPS) is 11.4. The number of aromatic carboxylic acids is 1. The van der Waals surface area contributed by atoms with Gasteiger partial charge >= 0.3 is 12.1 Å². The van der Waals surface area contributed by atoms with Crippen LogP contribution in [0.15, 0.2) is 42.5 Å². The molecular weight excluding hydrogens is 276 g/mol. The molecule has 0 aliphatic carbocycles. The topological polar surface area (TPSA) is 37.3 Å². The first-order chi connectivity index (χ1) is 9.29. The predicted molar refractivity (Wildman–Crippen MR) is 63.8 cm³/mol. The average molecular weight is 284 g/mol. The molecular formula is C14H8F4O2. The summed E-state index contributed by atoms with van der Waals surface area (Å²) in [5, 5.41) is 8.85. The van der Waals surface area contributed by atoms with Crippen LogP contribution in [0.1, 0.15) is 15.9 Å². The number of rotatable bonds is 2. The zero-order valence-electron chi connectivity index (χ0n) is 9.91. The van der Waals surface area contributed by atoms with Crippen molar-refractivity contribution in [1.29, 1.82) is 0 Å². The van der Waals surface area contributed by atoms with Crippen LogP contribution in [-0.2, 0) is 6.18 Å². The first kappa shape index (κ1) is 14.0. The fourth-order valence-corrected chi connectivity index (χ4v) is 1.77. The average Bonchev–Trinajstić information content (AvgIpc) is 2.37. The smallest absolute Gasteiger partial charge is 0.416 e. The van der Waals surface area contributed by atoms with Crippen molar-refractivity contribution in [2.45, 2.75) is 6.18 Å². The molecule has 0 atom stereocenters. The van der Waals surface area contributed by atoms with Crippen molar-refractivity contribution in [2.24, 2.45) is 0 Å². The van der Waals surface area contributed by atoms with E-state index in [1.807, 2.05) is 0 Å². The van der Waals surface area contributed by atoms with Crippen molar-refractivity contribution in [2.75, 3.05) is 0 Å². The molecule has 0 fully saturated rings. The summed E-state index contributed by atoms with van der Waals surface area (Å²) in [6.07, 6.45) is -4.70. The molecule has 0 heterocycles. The summed E-state index contributed by atoms with van der Waals surface area (Å²) in [5.74, 6) is -2.23. The van der Waals surface area contributed by atoms with E-state index in [1.54, 1.807) is 0 Å². The number of carboxylic acid groups (broad SMARTS) is 1. The standard InChI is InChI=1S/C14H8F4O2/c15-12-4-2-1-3-11(12)8-5-9(13(19)20)7-10(6-8)14(16,17)18/h1-7H,(H,19,20). The van der Waals surface area contributed by atoms with Crippen molar-refractivity contribution in [3.63, 3.8) is 0 Å². The minimum atomic E-state index is -4.70. The SMILES string of the molecule is O=C(O)c1cc(-c2ccccc2F)cc(C(F)(F)F)c1. The van der Waals surface area contributed by atoms with Crippen LogP contribution in [0.2, 0.25) is 0 Å². The summed E-state index contributed by atoms with van der Waals surface area (Å²) < 4.78 is 51.8. The van der Waals surface area contributed by atoms with Crippen molar-refractivity contribution in [3.8, 4) is 11.1 Å². The molecule has 0 aliphatic heterocycles. The molecule has 6 heteroatoms. The van der Waals surface area contributed by atoms with E-state index in [0.29, 0.717) is 6.07 Å². The molecule has 20 heavy (non-hydrogen) atoms. The van der Waals surface area contributed by atoms with Gasteiger partial charge in [0.2, 0.25) is 0 Å². The van der Waals surface area contributed by atoms with Gasteiger partial charge in [-0.05, 0) is 29.8 Å². The summed E-state index contributed by atoms with van der Waals surface area (Å²) in [6, 6.07) is 7.49. The molecule has 0 amide bonds. The second kappa shape index (κ2) is 4.96. The molecule has 0 spiro atoms. The van der Waals surface area contributed by atoms with E-state index >= 15 is 0 Å². The number of benzene rings is 2. The van der Waals surface area contributed by atoms with Gasteiger partial charge in [-0.25, -0.2) is 9.18 Å². The third-order valence-electron chi connectivity index (χ3n) is 2.69. The van der Waals surface area contributed by atoms with Gasteiger partial charge in [-0.3, -0.25) is 0 Å². The molecule has 0 saturated heterocycles. The van der Waals surface area contributed by atoms with Gasteiger partial charge in [-0.1, -0.05) is 18.2 Å². The van der Waals surface area contributed by atoms with Crippen molar-refractivity contribution < 1.29 is 27.5 Å². The van der Waals surface area contributed by atoms with E-state index in [2.05, 4.69) is 0 Å². The van der Waals surface area contributed by atoms with Crippen LogP contribution in [0.3, 0.4) is 0 Å². The van der Waals surface area contributed by atoms with Crippen LogP contribution in [0, 0.1) is 5.82 Å². The molecule has 0 bridgehead atoms. The summed E-state index contributed by atoms with van der Waals surface area (Å²) in [4.78, 5) is 10.9. The molecule has 0 radical (unpaired) electrons. The summed E-state index contributed by atoms with van der Waals surface area (Å²) in [7, 11) is 0. The van der Waals surface area contributed by atoms with Crippen LogP contribution in [0.4, 0.5) is 17.6 Å². The van der Waals surface area contributed by atoms with Gasteiger partial charge in [0, 0.05) is 5.56 Å². The zero-order chi connectivity index (χ0) is 14.9. The monoisotopic (exact) mass is 284 g/mol. The molecule has 1 N–H and O–H groups in total. The third-order valence-corrected chi connectivity index (χ3v) is 2.69. The van der Waals surface area contributed by atoms with Gasteiger partial charge in [0.25, 0.3) is 0 Å². The molecule has 2 rings (SSSR count). The highest BCUT2D eigenvalue weighted by molar-refractivity contribution is 5.90. The Labute approximate surface area is 111 Å². The quantitative estimate of drug-likeness (QED) is 0.839. The third kappa shape index (κ3) is 2.79. The number of carboxylic acids is 1. The Morgan fingerprint density at radius 1 is 1.05 bits per heavy atom. The molecule has 104 valence electrons. The summed E-state index contributed by atoms with van der Waals surface area (Å²) in [5.41, 5.74) is -1.88. The van der Waals surface area contributed by atoms with Crippen LogP contribution in [-0.4, -0.2) is 11.1 Å². The minimum absolute atomic E-state index is 0.0823. The van der Waals surface area contributed by atoms with Crippen molar-refractivity contribution in [3.05, 3.63) is 59.4 Å². The van der Waals surface area contributed by atoms with E-state index in [0.717, 1.165) is 18.2 Å². The molecule has 0 aromatic heterocycles. The van der Waals surface area contributed by atoms with Gasteiger partial charge < -0.3 is 5.11 Å². The predicted octanol–water partition coefficient (Wildman–Crippen LogP) is 4.21. The van der Waals surface area contributed by atoms with Crippen LogP contribution in [0.5, 0.6) is 0 Å². The Kier molecular flexibility index (Phi) is 3.48. The number of carbonyl (C=O) groups is 1. The number of hydrogen-bond donors (Lipinski definition) is 1. The Morgan fingerprint density at radius 2 is 1.70 bits per heavy atom. The number of halogens is 4. The van der Waals surface area contributed by atoms with Crippen LogP contribution in [0.25, 0.3) is 11.1 Å². The van der Waals surface area contributed by atoms with Gasteiger partial charge in [-0.15, -0.1) is 0 Å². The zero-order valence-corrected chi connectivity index (χ0v) is 9.91. The lowest BCUT2D eigenvalue weighted by Crippen LogP contribution is -2.08. The lowest BCUT2D eigenvalue weighted by Gasteiger charge is -2.11. The van der Waals surface area contributed by atoms with E-state index < -0.39 is 29.1 Å². The van der Waals surface area contributed by atoms with Crippen molar-refractivity contribution in [1.82, 2.24) is 0 Å². The highest BCUT2D eigenvalue weighted by Gasteiger charge is 2.32. The maximum Gasteiger partial charge on any atom is 0.416 e. The van der Waals surface area contributed by atoms with Gasteiger partial charge in [0.05, 0.1) is 11.1 Å². The fraction of sp³-hybridized carbons (Fsp3) is 0.0714. The number of hydrogen-bond acceptors (Lipinski definition) is 1. The van der Waals surface area contributed by atoms with E-state index in [-0.39, 0.29) is 11.1 Å². The lowest BCUT2D eigenvalue weighted by atomic mass is 9.99. The fourth-order valence-electron chi connectivity index (χ4n) is 1.77. The maximum absolute atomic E-state index is 13.6. The van der Waals surface area contributed by atoms with Crippen LogP contribution < -0.4 is 0 Å². The molecule has 0 saturated carbocycles. The lowest BCUT2D eigenvalue weighted by molar-refractivity contribution is -0.137. The first-order valence-corrected chi connectivity index (χ1v) is 5.49. The summed E-state index contributed by atoms with van der Waals surface area (Å²) >= 11 is 0. The van der Waals surface area contributed by atoms with E-state index in [4.69, 9.17) is 5.11 Å². The van der Waals surface area contributed by atoms with Gasteiger partial charge in [-0.2, -0.15) is 13.2 Å². The molecule has 0 unspecified atom stereocenters. The second-order valence-electron chi connectivity index (χ2n) is 4.08. The molecule has 2 nitrogen and oxygen atoms in total. The molecule has 0 aliphatic rings. The largest absolute Gasteiger partial charge is 0.478 e. The maximum atomic E-state index is 13.6. The summed E-state index contributed by atoms with van der Waals surface area (Å²) in [6.45, 7) is 0. The highest BCUT2D eigenvalue weighted by atomic mass is 19.4. The number of alkyl halides is 3. The Balaban J connectivity index is 2.68. The van der Waals surface area contributed by atoms with Gasteiger partial charge in [0.1, 0.15) is 5.82 Å². The Bertz CT molecular complexity index is 662. The van der Waals surface area contributed by atoms with Crippen LogP contribution >= 0.6 is 0 Å².